The van der Waals surface area contributed by atoms with E-state index in [1.165, 1.54) is 0 Å². The summed E-state index contributed by atoms with van der Waals surface area (Å²) in [6, 6.07) is 4.31. The van der Waals surface area contributed by atoms with Crippen molar-refractivity contribution in [3.63, 3.8) is 0 Å². The van der Waals surface area contributed by atoms with Crippen LogP contribution in [0.1, 0.15) is 32.0 Å². The fraction of sp³-hybridized carbons (Fsp3) is 0.643. The van der Waals surface area contributed by atoms with Crippen LogP contribution in [0, 0.1) is 0 Å². The van der Waals surface area contributed by atoms with E-state index in [0.717, 1.165) is 24.3 Å². The van der Waals surface area contributed by atoms with E-state index in [2.05, 4.69) is 24.1 Å². The Labute approximate surface area is 114 Å². The Morgan fingerprint density at radius 2 is 2.00 bits per heavy atom. The smallest absolute Gasteiger partial charge is 0.0990 e. The molecule has 5 nitrogen and oxygen atoms in total. The van der Waals surface area contributed by atoms with Crippen LogP contribution in [0.4, 0.5) is 5.69 Å². The zero-order chi connectivity index (χ0) is 13.8. The summed E-state index contributed by atoms with van der Waals surface area (Å²) in [5, 5.41) is 22.5. The van der Waals surface area contributed by atoms with Gasteiger partial charge in [0.2, 0.25) is 0 Å². The summed E-state index contributed by atoms with van der Waals surface area (Å²) in [7, 11) is 0. The summed E-state index contributed by atoms with van der Waals surface area (Å²) in [5.41, 5.74) is 1.99. The minimum atomic E-state index is -0.662. The summed E-state index contributed by atoms with van der Waals surface area (Å²) in [5.74, 6) is 0. The number of hydrogen-bond donors (Lipinski definition) is 3. The first-order chi connectivity index (χ1) is 9.15. The first kappa shape index (κ1) is 14.2. The van der Waals surface area contributed by atoms with Crippen molar-refractivity contribution in [3.8, 4) is 0 Å². The Morgan fingerprint density at radius 3 is 2.47 bits per heavy atom. The molecule has 2 rings (SSSR count). The first-order valence-corrected chi connectivity index (χ1v) is 6.96. The van der Waals surface area contributed by atoms with Gasteiger partial charge in [0.25, 0.3) is 0 Å². The number of rotatable bonds is 5. The number of aromatic nitrogens is 1. The van der Waals surface area contributed by atoms with Crippen molar-refractivity contribution in [2.75, 3.05) is 24.5 Å². The van der Waals surface area contributed by atoms with Crippen molar-refractivity contribution < 1.29 is 10.2 Å². The zero-order valence-corrected chi connectivity index (χ0v) is 11.6. The van der Waals surface area contributed by atoms with Gasteiger partial charge < -0.3 is 20.4 Å². The maximum Gasteiger partial charge on any atom is 0.0990 e. The highest BCUT2D eigenvalue weighted by Crippen LogP contribution is 2.22. The lowest BCUT2D eigenvalue weighted by atomic mass is 10.1. The van der Waals surface area contributed by atoms with Crippen molar-refractivity contribution in [3.05, 3.63) is 24.0 Å². The van der Waals surface area contributed by atoms with Gasteiger partial charge in [-0.2, -0.15) is 0 Å². The molecule has 106 valence electrons. The second-order valence-electron chi connectivity index (χ2n) is 5.00. The molecule has 3 N–H and O–H groups in total. The molecular formula is C14H23N3O2. The largest absolute Gasteiger partial charge is 0.389 e. The SMILES string of the molecule is CCNC(CC)c1ccc(N2CC(O)C(O)C2)cn1. The highest BCUT2D eigenvalue weighted by molar-refractivity contribution is 5.46. The molecule has 19 heavy (non-hydrogen) atoms. The molecule has 1 aliphatic rings. The number of pyridine rings is 1. The van der Waals surface area contributed by atoms with Gasteiger partial charge in [-0.25, -0.2) is 0 Å². The Bertz CT molecular complexity index is 386. The van der Waals surface area contributed by atoms with Crippen LogP contribution < -0.4 is 10.2 Å². The number of nitrogens with zero attached hydrogens (tertiary/aromatic N) is 2. The summed E-state index contributed by atoms with van der Waals surface area (Å²) < 4.78 is 0. The first-order valence-electron chi connectivity index (χ1n) is 6.96. The summed E-state index contributed by atoms with van der Waals surface area (Å²) in [6.45, 7) is 6.08. The van der Waals surface area contributed by atoms with Crippen molar-refractivity contribution in [1.82, 2.24) is 10.3 Å². The average molecular weight is 265 g/mol. The second kappa shape index (κ2) is 6.32. The van der Waals surface area contributed by atoms with Crippen molar-refractivity contribution >= 4 is 5.69 Å². The number of hydrogen-bond acceptors (Lipinski definition) is 5. The van der Waals surface area contributed by atoms with Crippen LogP contribution in [-0.4, -0.2) is 47.0 Å². The third-order valence-electron chi connectivity index (χ3n) is 3.61. The molecule has 3 unspecified atom stereocenters. The quantitative estimate of drug-likeness (QED) is 0.730. The summed E-state index contributed by atoms with van der Waals surface area (Å²) >= 11 is 0. The molecule has 0 aromatic carbocycles. The van der Waals surface area contributed by atoms with E-state index in [0.29, 0.717) is 13.1 Å². The third-order valence-corrected chi connectivity index (χ3v) is 3.61. The molecule has 1 aromatic rings. The third kappa shape index (κ3) is 3.23. The topological polar surface area (TPSA) is 68.6 Å². The van der Waals surface area contributed by atoms with E-state index < -0.39 is 12.2 Å². The van der Waals surface area contributed by atoms with Gasteiger partial charge in [-0.3, -0.25) is 4.98 Å². The van der Waals surface area contributed by atoms with Gasteiger partial charge in [0.15, 0.2) is 0 Å². The monoisotopic (exact) mass is 265 g/mol. The molecule has 3 atom stereocenters. The Hall–Kier alpha value is -1.17. The van der Waals surface area contributed by atoms with E-state index in [9.17, 15) is 10.2 Å². The predicted molar refractivity (Wildman–Crippen MR) is 75.2 cm³/mol. The van der Waals surface area contributed by atoms with Gasteiger partial charge in [0.05, 0.1) is 29.8 Å². The maximum absolute atomic E-state index is 9.56. The van der Waals surface area contributed by atoms with E-state index in [4.69, 9.17) is 0 Å². The van der Waals surface area contributed by atoms with Gasteiger partial charge in [-0.15, -0.1) is 0 Å². The van der Waals surface area contributed by atoms with E-state index in [1.807, 2.05) is 23.2 Å². The molecule has 5 heteroatoms. The highest BCUT2D eigenvalue weighted by Gasteiger charge is 2.29. The van der Waals surface area contributed by atoms with Crippen LogP contribution in [0.2, 0.25) is 0 Å². The number of nitrogens with one attached hydrogen (secondary N) is 1. The average Bonchev–Trinajstić information content (AvgIpc) is 2.76. The van der Waals surface area contributed by atoms with Crippen LogP contribution >= 0.6 is 0 Å². The number of aliphatic hydroxyl groups excluding tert-OH is 2. The van der Waals surface area contributed by atoms with Crippen LogP contribution in [0.25, 0.3) is 0 Å². The molecule has 1 aliphatic heterocycles. The molecule has 0 aliphatic carbocycles. The second-order valence-corrected chi connectivity index (χ2v) is 5.00. The van der Waals surface area contributed by atoms with E-state index in [-0.39, 0.29) is 6.04 Å². The summed E-state index contributed by atoms with van der Waals surface area (Å²) in [6.07, 6.45) is 1.50. The predicted octanol–water partition coefficient (Wildman–Crippen LogP) is 0.684. The van der Waals surface area contributed by atoms with Crippen molar-refractivity contribution in [2.45, 2.75) is 38.5 Å². The minimum Gasteiger partial charge on any atom is -0.389 e. The zero-order valence-electron chi connectivity index (χ0n) is 11.6. The number of aliphatic hydroxyl groups is 2. The maximum atomic E-state index is 9.56. The van der Waals surface area contributed by atoms with Gasteiger partial charge in [-0.1, -0.05) is 13.8 Å². The van der Waals surface area contributed by atoms with Gasteiger partial charge in [0, 0.05) is 19.1 Å². The fourth-order valence-corrected chi connectivity index (χ4v) is 2.48. The molecule has 2 heterocycles. The molecule has 0 saturated carbocycles. The molecule has 1 saturated heterocycles. The van der Waals surface area contributed by atoms with Crippen LogP contribution in [0.3, 0.4) is 0 Å². The highest BCUT2D eigenvalue weighted by atomic mass is 16.3. The van der Waals surface area contributed by atoms with Crippen LogP contribution in [-0.2, 0) is 0 Å². The summed E-state index contributed by atoms with van der Waals surface area (Å²) in [4.78, 5) is 6.45. The molecule has 1 aromatic heterocycles. The lowest BCUT2D eigenvalue weighted by molar-refractivity contribution is 0.0572. The van der Waals surface area contributed by atoms with Crippen LogP contribution in [0.5, 0.6) is 0 Å². The Kier molecular flexibility index (Phi) is 4.74. The Morgan fingerprint density at radius 1 is 1.32 bits per heavy atom. The molecular weight excluding hydrogens is 242 g/mol. The number of β-amino-alcohol motifs (C(OH)–C–C–N with tert-alkyl or cyclic N) is 2. The van der Waals surface area contributed by atoms with Crippen molar-refractivity contribution in [1.29, 1.82) is 0 Å². The molecule has 0 spiro atoms. The normalized spacial score (nSPS) is 24.7. The lowest BCUT2D eigenvalue weighted by Gasteiger charge is -2.19. The standard InChI is InChI=1S/C14H23N3O2/c1-3-11(15-4-2)12-6-5-10(7-16-12)17-8-13(18)14(19)9-17/h5-7,11,13-15,18-19H,3-4,8-9H2,1-2H3. The molecule has 0 bridgehead atoms. The fourth-order valence-electron chi connectivity index (χ4n) is 2.48. The molecule has 1 fully saturated rings. The van der Waals surface area contributed by atoms with Gasteiger partial charge in [-0.05, 0) is 25.1 Å². The van der Waals surface area contributed by atoms with Crippen LogP contribution in [0.15, 0.2) is 18.3 Å². The number of anilines is 1. The molecule has 0 radical (unpaired) electrons. The van der Waals surface area contributed by atoms with Crippen molar-refractivity contribution in [2.24, 2.45) is 0 Å². The lowest BCUT2D eigenvalue weighted by Crippen LogP contribution is -2.23. The van der Waals surface area contributed by atoms with E-state index in [1.54, 1.807) is 0 Å². The van der Waals surface area contributed by atoms with E-state index >= 15 is 0 Å². The Balaban J connectivity index is 2.06. The van der Waals surface area contributed by atoms with Gasteiger partial charge >= 0.3 is 0 Å². The van der Waals surface area contributed by atoms with Gasteiger partial charge in [0.1, 0.15) is 0 Å². The molecule has 0 amide bonds. The minimum absolute atomic E-state index is 0.286.